The minimum Gasteiger partial charge on any atom is -0.486 e. The van der Waals surface area contributed by atoms with Gasteiger partial charge in [0.15, 0.2) is 17.2 Å². The number of nitriles is 1. The van der Waals surface area contributed by atoms with Gasteiger partial charge in [0.2, 0.25) is 0 Å². The number of rotatable bonds is 3. The molecule has 0 spiro atoms. The van der Waals surface area contributed by atoms with Crippen molar-refractivity contribution in [2.75, 3.05) is 26.3 Å². The number of ether oxygens (including phenoxy) is 3. The summed E-state index contributed by atoms with van der Waals surface area (Å²) < 4.78 is 18.9. The number of nitrogens with zero attached hydrogens (tertiary/aromatic N) is 4. The molecule has 0 radical (unpaired) electrons. The normalized spacial score (nSPS) is 15.7. The molecule has 5 rings (SSSR count). The van der Waals surface area contributed by atoms with E-state index in [0.29, 0.717) is 54.9 Å². The van der Waals surface area contributed by atoms with Crippen LogP contribution in [0.2, 0.25) is 0 Å². The maximum Gasteiger partial charge on any atom is 0.255 e. The van der Waals surface area contributed by atoms with Crippen molar-refractivity contribution in [1.29, 1.82) is 5.26 Å². The molecule has 0 bridgehead atoms. The van der Waals surface area contributed by atoms with Crippen molar-refractivity contribution in [3.05, 3.63) is 47.8 Å². The zero-order valence-corrected chi connectivity index (χ0v) is 15.8. The number of likely N-dealkylation sites (tertiary alicyclic amines) is 1. The van der Waals surface area contributed by atoms with Gasteiger partial charge in [0, 0.05) is 31.4 Å². The lowest BCUT2D eigenvalue weighted by Crippen LogP contribution is -2.49. The molecule has 1 fully saturated rings. The standard InChI is InChI=1S/C21H18N4O4/c1-13-16(21(26)24-10-14(9-22)11-24)12-25-20(13)18(4-5-23-25)29-15-2-3-17-19(8-15)28-7-6-27-17/h2-5,8,12,14H,6-7,10-11H2,1H3. The highest BCUT2D eigenvalue weighted by molar-refractivity contribution is 5.98. The number of carbonyl (C=O) groups excluding carboxylic acids is 1. The summed E-state index contributed by atoms with van der Waals surface area (Å²) in [4.78, 5) is 14.5. The molecule has 4 heterocycles. The predicted molar refractivity (Wildman–Crippen MR) is 102 cm³/mol. The number of hydrogen-bond donors (Lipinski definition) is 0. The Balaban J connectivity index is 1.47. The van der Waals surface area contributed by atoms with Crippen LogP contribution in [0, 0.1) is 24.2 Å². The summed E-state index contributed by atoms with van der Waals surface area (Å²) >= 11 is 0. The van der Waals surface area contributed by atoms with Crippen LogP contribution in [0.4, 0.5) is 0 Å². The van der Waals surface area contributed by atoms with Crippen LogP contribution in [0.25, 0.3) is 5.52 Å². The number of hydrogen-bond acceptors (Lipinski definition) is 6. The molecule has 0 unspecified atom stereocenters. The molecule has 2 aliphatic heterocycles. The summed E-state index contributed by atoms with van der Waals surface area (Å²) in [6, 6.07) is 9.38. The van der Waals surface area contributed by atoms with E-state index < -0.39 is 0 Å². The van der Waals surface area contributed by atoms with E-state index in [1.807, 2.05) is 19.1 Å². The van der Waals surface area contributed by atoms with Gasteiger partial charge < -0.3 is 19.1 Å². The summed E-state index contributed by atoms with van der Waals surface area (Å²) in [5, 5.41) is 13.3. The van der Waals surface area contributed by atoms with E-state index in [1.165, 1.54) is 0 Å². The Kier molecular flexibility index (Phi) is 4.02. The van der Waals surface area contributed by atoms with Crippen LogP contribution in [0.15, 0.2) is 36.7 Å². The quantitative estimate of drug-likeness (QED) is 0.683. The second-order valence-electron chi connectivity index (χ2n) is 7.10. The van der Waals surface area contributed by atoms with Crippen molar-refractivity contribution in [3.8, 4) is 29.1 Å². The lowest BCUT2D eigenvalue weighted by molar-refractivity contribution is 0.0576. The number of fused-ring (bicyclic) bond motifs is 2. The van der Waals surface area contributed by atoms with E-state index in [1.54, 1.807) is 33.9 Å². The van der Waals surface area contributed by atoms with Crippen LogP contribution in [-0.2, 0) is 0 Å². The molecule has 1 aromatic carbocycles. The fraction of sp³-hybridized carbons (Fsp3) is 0.286. The fourth-order valence-corrected chi connectivity index (χ4v) is 3.63. The first-order valence-corrected chi connectivity index (χ1v) is 9.37. The van der Waals surface area contributed by atoms with Gasteiger partial charge in [-0.3, -0.25) is 4.79 Å². The van der Waals surface area contributed by atoms with E-state index in [-0.39, 0.29) is 11.8 Å². The molecule has 8 nitrogen and oxygen atoms in total. The van der Waals surface area contributed by atoms with Gasteiger partial charge in [-0.25, -0.2) is 4.52 Å². The summed E-state index contributed by atoms with van der Waals surface area (Å²) in [7, 11) is 0. The number of aryl methyl sites for hydroxylation is 1. The van der Waals surface area contributed by atoms with Crippen LogP contribution in [0.5, 0.6) is 23.0 Å². The summed E-state index contributed by atoms with van der Waals surface area (Å²) in [6.45, 7) is 3.85. The lowest BCUT2D eigenvalue weighted by atomic mass is 10.0. The highest BCUT2D eigenvalue weighted by Gasteiger charge is 2.33. The molecule has 0 N–H and O–H groups in total. The van der Waals surface area contributed by atoms with E-state index >= 15 is 0 Å². The van der Waals surface area contributed by atoms with E-state index in [9.17, 15) is 4.79 Å². The first-order valence-electron chi connectivity index (χ1n) is 9.37. The third kappa shape index (κ3) is 2.91. The maximum absolute atomic E-state index is 12.8. The van der Waals surface area contributed by atoms with Crippen molar-refractivity contribution in [2.24, 2.45) is 5.92 Å². The van der Waals surface area contributed by atoms with Gasteiger partial charge in [-0.2, -0.15) is 10.4 Å². The first-order chi connectivity index (χ1) is 14.1. The molecule has 0 saturated carbocycles. The minimum atomic E-state index is -0.0928. The molecule has 8 heteroatoms. The van der Waals surface area contributed by atoms with Gasteiger partial charge in [0.05, 0.1) is 23.7 Å². The Bertz CT molecular complexity index is 1160. The number of amides is 1. The summed E-state index contributed by atoms with van der Waals surface area (Å²) in [5.41, 5.74) is 2.08. The van der Waals surface area contributed by atoms with Crippen LogP contribution in [0.1, 0.15) is 15.9 Å². The van der Waals surface area contributed by atoms with Crippen molar-refractivity contribution >= 4 is 11.4 Å². The molecule has 2 aromatic heterocycles. The molecule has 0 atom stereocenters. The zero-order chi connectivity index (χ0) is 20.0. The van der Waals surface area contributed by atoms with Gasteiger partial charge >= 0.3 is 0 Å². The number of aromatic nitrogens is 2. The van der Waals surface area contributed by atoms with Gasteiger partial charge in [-0.1, -0.05) is 0 Å². The molecule has 0 aliphatic carbocycles. The van der Waals surface area contributed by atoms with Gasteiger partial charge in [-0.05, 0) is 24.6 Å². The van der Waals surface area contributed by atoms with Crippen LogP contribution >= 0.6 is 0 Å². The molecule has 146 valence electrons. The molecule has 29 heavy (non-hydrogen) atoms. The highest BCUT2D eigenvalue weighted by atomic mass is 16.6. The zero-order valence-electron chi connectivity index (χ0n) is 15.8. The molecule has 2 aliphatic rings. The Morgan fingerprint density at radius 2 is 2.03 bits per heavy atom. The molecular formula is C21H18N4O4. The summed E-state index contributed by atoms with van der Waals surface area (Å²) in [5.74, 6) is 2.36. The SMILES string of the molecule is Cc1c(C(=O)N2CC(C#N)C2)cn2nccc(Oc3ccc4c(c3)OCCO4)c12. The van der Waals surface area contributed by atoms with E-state index in [2.05, 4.69) is 11.2 Å². The average Bonchev–Trinajstić information content (AvgIpc) is 3.05. The van der Waals surface area contributed by atoms with Gasteiger partial charge in [0.25, 0.3) is 5.91 Å². The maximum atomic E-state index is 12.8. The summed E-state index contributed by atoms with van der Waals surface area (Å²) in [6.07, 6.45) is 3.34. The topological polar surface area (TPSA) is 89.1 Å². The third-order valence-electron chi connectivity index (χ3n) is 5.21. The van der Waals surface area contributed by atoms with Gasteiger partial charge in [0.1, 0.15) is 24.5 Å². The monoisotopic (exact) mass is 390 g/mol. The molecule has 1 saturated heterocycles. The van der Waals surface area contributed by atoms with Crippen molar-refractivity contribution < 1.29 is 19.0 Å². The Morgan fingerprint density at radius 3 is 2.83 bits per heavy atom. The van der Waals surface area contributed by atoms with Crippen molar-refractivity contribution in [3.63, 3.8) is 0 Å². The van der Waals surface area contributed by atoms with Crippen molar-refractivity contribution in [2.45, 2.75) is 6.92 Å². The molecule has 1 amide bonds. The van der Waals surface area contributed by atoms with E-state index in [0.717, 1.165) is 11.1 Å². The third-order valence-corrected chi connectivity index (χ3v) is 5.21. The average molecular weight is 390 g/mol. The second kappa shape index (κ2) is 6.71. The second-order valence-corrected chi connectivity index (χ2v) is 7.10. The van der Waals surface area contributed by atoms with Crippen LogP contribution < -0.4 is 14.2 Å². The Morgan fingerprint density at radius 1 is 1.24 bits per heavy atom. The largest absolute Gasteiger partial charge is 0.486 e. The van der Waals surface area contributed by atoms with Crippen molar-refractivity contribution in [1.82, 2.24) is 14.5 Å². The fourth-order valence-electron chi connectivity index (χ4n) is 3.63. The molecule has 3 aromatic rings. The minimum absolute atomic E-state index is 0.0801. The molecular weight excluding hydrogens is 372 g/mol. The predicted octanol–water partition coefficient (Wildman–Crippen LogP) is 2.80. The first kappa shape index (κ1) is 17.4. The highest BCUT2D eigenvalue weighted by Crippen LogP contribution is 2.37. The smallest absolute Gasteiger partial charge is 0.255 e. The Hall–Kier alpha value is -3.73. The number of carbonyl (C=O) groups is 1. The van der Waals surface area contributed by atoms with E-state index in [4.69, 9.17) is 19.5 Å². The Labute approximate surface area is 166 Å². The van der Waals surface area contributed by atoms with Crippen LogP contribution in [-0.4, -0.2) is 46.7 Å². The van der Waals surface area contributed by atoms with Gasteiger partial charge in [-0.15, -0.1) is 0 Å². The lowest BCUT2D eigenvalue weighted by Gasteiger charge is -2.35. The van der Waals surface area contributed by atoms with Crippen LogP contribution in [0.3, 0.4) is 0 Å². The number of benzene rings is 1.